The number of hydrogen-bond donors (Lipinski definition) is 3. The van der Waals surface area contributed by atoms with Crippen LogP contribution >= 0.6 is 12.4 Å². The summed E-state index contributed by atoms with van der Waals surface area (Å²) >= 11 is 0. The van der Waals surface area contributed by atoms with Crippen LogP contribution in [0.25, 0.3) is 11.5 Å². The van der Waals surface area contributed by atoms with Crippen molar-refractivity contribution >= 4 is 18.3 Å². The van der Waals surface area contributed by atoms with Gasteiger partial charge in [-0.25, -0.2) is 4.98 Å². The Balaban J connectivity index is 0.00000218. The van der Waals surface area contributed by atoms with Crippen LogP contribution in [0.3, 0.4) is 0 Å². The molecule has 6 atom stereocenters. The van der Waals surface area contributed by atoms with E-state index in [1.54, 1.807) is 0 Å². The van der Waals surface area contributed by atoms with Gasteiger partial charge in [0.05, 0.1) is 18.8 Å². The summed E-state index contributed by atoms with van der Waals surface area (Å²) in [5, 5.41) is 24.2. The number of aliphatic hydroxyl groups is 2. The first-order valence-corrected chi connectivity index (χ1v) is 10.4. The number of oxazole rings is 1. The first-order chi connectivity index (χ1) is 14.0. The summed E-state index contributed by atoms with van der Waals surface area (Å²) < 4.78 is 5.96. The lowest BCUT2D eigenvalue weighted by Crippen LogP contribution is -2.56. The lowest BCUT2D eigenvalue weighted by Gasteiger charge is -2.45. The Labute approximate surface area is 181 Å². The van der Waals surface area contributed by atoms with Crippen molar-refractivity contribution in [1.29, 1.82) is 0 Å². The van der Waals surface area contributed by atoms with Crippen molar-refractivity contribution in [3.63, 3.8) is 0 Å². The predicted octanol–water partition coefficient (Wildman–Crippen LogP) is 1.47. The van der Waals surface area contributed by atoms with Crippen LogP contribution in [0.15, 0.2) is 34.7 Å². The Kier molecular flexibility index (Phi) is 5.90. The van der Waals surface area contributed by atoms with Crippen LogP contribution < -0.4 is 5.32 Å². The number of aliphatic hydroxyl groups excluding tert-OH is 2. The van der Waals surface area contributed by atoms with E-state index in [9.17, 15) is 15.0 Å². The molecule has 1 amide bonds. The van der Waals surface area contributed by atoms with E-state index in [4.69, 9.17) is 4.42 Å². The van der Waals surface area contributed by atoms with Gasteiger partial charge in [-0.05, 0) is 30.5 Å². The van der Waals surface area contributed by atoms with E-state index in [1.807, 2.05) is 42.2 Å². The molecule has 1 saturated heterocycles. The van der Waals surface area contributed by atoms with Gasteiger partial charge in [0.2, 0.25) is 11.8 Å². The second-order valence-electron chi connectivity index (χ2n) is 8.62. The van der Waals surface area contributed by atoms with Gasteiger partial charge in [0, 0.05) is 36.9 Å². The number of nitrogens with zero attached hydrogens (tertiary/aromatic N) is 2. The first-order valence-electron chi connectivity index (χ1n) is 10.4. The van der Waals surface area contributed by atoms with Gasteiger partial charge in [0.1, 0.15) is 11.5 Å². The molecule has 2 fully saturated rings. The zero-order valence-electron chi connectivity index (χ0n) is 16.9. The summed E-state index contributed by atoms with van der Waals surface area (Å²) in [7, 11) is 0. The molecular weight excluding hydrogens is 406 g/mol. The minimum absolute atomic E-state index is 0. The molecule has 0 spiro atoms. The summed E-state index contributed by atoms with van der Waals surface area (Å²) in [5.41, 5.74) is 1.74. The van der Waals surface area contributed by atoms with Gasteiger partial charge in [0.15, 0.2) is 0 Å². The van der Waals surface area contributed by atoms with Gasteiger partial charge in [-0.15, -0.1) is 12.4 Å². The molecule has 162 valence electrons. The molecule has 1 saturated carbocycles. The minimum atomic E-state index is -0.873. The molecule has 1 aliphatic carbocycles. The van der Waals surface area contributed by atoms with Crippen molar-refractivity contribution in [2.45, 2.75) is 32.1 Å². The molecule has 3 heterocycles. The Bertz CT molecular complexity index is 905. The van der Waals surface area contributed by atoms with E-state index < -0.39 is 12.2 Å². The van der Waals surface area contributed by atoms with Crippen LogP contribution in [0.4, 0.5) is 0 Å². The molecule has 5 rings (SSSR count). The Hall–Kier alpha value is -1.93. The van der Waals surface area contributed by atoms with Gasteiger partial charge >= 0.3 is 0 Å². The van der Waals surface area contributed by atoms with Crippen LogP contribution in [-0.4, -0.2) is 57.8 Å². The lowest BCUT2D eigenvalue weighted by atomic mass is 9.65. The first kappa shape index (κ1) is 21.3. The number of amides is 1. The Morgan fingerprint density at radius 3 is 2.67 bits per heavy atom. The minimum Gasteiger partial charge on any atom is -0.441 e. The third kappa shape index (κ3) is 3.43. The molecule has 3 aliphatic rings. The molecule has 2 aromatic rings. The smallest absolute Gasteiger partial charge is 0.226 e. The second kappa shape index (κ2) is 8.30. The average Bonchev–Trinajstić information content (AvgIpc) is 3.39. The quantitative estimate of drug-likeness (QED) is 0.663. The van der Waals surface area contributed by atoms with Gasteiger partial charge in [-0.1, -0.05) is 25.1 Å². The van der Waals surface area contributed by atoms with E-state index in [0.717, 1.165) is 17.0 Å². The molecule has 7 nitrogen and oxygen atoms in total. The van der Waals surface area contributed by atoms with E-state index in [0.29, 0.717) is 38.5 Å². The summed E-state index contributed by atoms with van der Waals surface area (Å²) in [6, 6.07) is 9.78. The fourth-order valence-corrected chi connectivity index (χ4v) is 5.36. The normalized spacial score (nSPS) is 32.8. The highest BCUT2D eigenvalue weighted by atomic mass is 35.5. The zero-order chi connectivity index (χ0) is 20.1. The molecule has 0 radical (unpaired) electrons. The molecule has 2 aliphatic heterocycles. The molecular formula is C22H28ClN3O4. The molecule has 1 aromatic heterocycles. The van der Waals surface area contributed by atoms with Crippen molar-refractivity contribution in [1.82, 2.24) is 15.2 Å². The SMILES string of the molecule is C[C@H]1[C@H](O)[C@@H](O)[C@H]2CNC[C@@H]2[C@H]1C(=O)N1CCc2oc(-c3ccccc3)nc2C1.Cl. The second-order valence-corrected chi connectivity index (χ2v) is 8.62. The highest BCUT2D eigenvalue weighted by Crippen LogP contribution is 2.42. The molecule has 3 N–H and O–H groups in total. The fourth-order valence-electron chi connectivity index (χ4n) is 5.36. The van der Waals surface area contributed by atoms with Crippen LogP contribution in [0.5, 0.6) is 0 Å². The molecule has 1 aromatic carbocycles. The highest BCUT2D eigenvalue weighted by Gasteiger charge is 2.53. The Morgan fingerprint density at radius 2 is 1.90 bits per heavy atom. The van der Waals surface area contributed by atoms with Crippen molar-refractivity contribution in [2.75, 3.05) is 19.6 Å². The third-order valence-corrected chi connectivity index (χ3v) is 7.01. The monoisotopic (exact) mass is 433 g/mol. The lowest BCUT2D eigenvalue weighted by molar-refractivity contribution is -0.156. The number of rotatable bonds is 2. The highest BCUT2D eigenvalue weighted by molar-refractivity contribution is 5.85. The summed E-state index contributed by atoms with van der Waals surface area (Å²) in [4.78, 5) is 20.0. The van der Waals surface area contributed by atoms with Crippen molar-refractivity contribution < 1.29 is 19.4 Å². The van der Waals surface area contributed by atoms with Gasteiger partial charge < -0.3 is 24.8 Å². The summed E-state index contributed by atoms with van der Waals surface area (Å²) in [6.45, 7) is 4.24. The van der Waals surface area contributed by atoms with Crippen molar-refractivity contribution in [2.24, 2.45) is 23.7 Å². The van der Waals surface area contributed by atoms with Crippen LogP contribution in [-0.2, 0) is 17.8 Å². The van der Waals surface area contributed by atoms with Gasteiger partial charge in [-0.3, -0.25) is 4.79 Å². The van der Waals surface area contributed by atoms with E-state index in [-0.39, 0.29) is 42.0 Å². The average molecular weight is 434 g/mol. The molecule has 30 heavy (non-hydrogen) atoms. The fraction of sp³-hybridized carbons (Fsp3) is 0.545. The van der Waals surface area contributed by atoms with Crippen LogP contribution in [0, 0.1) is 23.7 Å². The number of nitrogens with one attached hydrogen (secondary N) is 1. The largest absolute Gasteiger partial charge is 0.441 e. The maximum atomic E-state index is 13.5. The number of fused-ring (bicyclic) bond motifs is 2. The number of benzene rings is 1. The van der Waals surface area contributed by atoms with E-state index in [2.05, 4.69) is 10.3 Å². The van der Waals surface area contributed by atoms with Gasteiger partial charge in [-0.2, -0.15) is 0 Å². The topological polar surface area (TPSA) is 98.8 Å². The third-order valence-electron chi connectivity index (χ3n) is 7.01. The summed E-state index contributed by atoms with van der Waals surface area (Å²) in [5.74, 6) is 0.890. The number of hydrogen-bond acceptors (Lipinski definition) is 6. The number of carbonyl (C=O) groups is 1. The van der Waals surface area contributed by atoms with Crippen molar-refractivity contribution in [3.8, 4) is 11.5 Å². The number of aromatic nitrogens is 1. The maximum absolute atomic E-state index is 13.5. The van der Waals surface area contributed by atoms with E-state index >= 15 is 0 Å². The van der Waals surface area contributed by atoms with Crippen LogP contribution in [0.2, 0.25) is 0 Å². The molecule has 8 heteroatoms. The molecule has 0 bridgehead atoms. The van der Waals surface area contributed by atoms with Gasteiger partial charge in [0.25, 0.3) is 0 Å². The zero-order valence-corrected chi connectivity index (χ0v) is 17.7. The van der Waals surface area contributed by atoms with Crippen molar-refractivity contribution in [3.05, 3.63) is 41.8 Å². The Morgan fingerprint density at radius 1 is 1.17 bits per heavy atom. The number of halogens is 1. The maximum Gasteiger partial charge on any atom is 0.226 e. The summed E-state index contributed by atoms with van der Waals surface area (Å²) in [6.07, 6.45) is -1.01. The number of carbonyl (C=O) groups excluding carboxylic acids is 1. The predicted molar refractivity (Wildman–Crippen MR) is 113 cm³/mol. The molecule has 0 unspecified atom stereocenters. The van der Waals surface area contributed by atoms with E-state index in [1.165, 1.54) is 0 Å². The standard InChI is InChI=1S/C22H27N3O4.ClH/c1-12-18(14-9-23-10-15(14)20(27)19(12)26)22(28)25-8-7-17-16(11-25)24-21(29-17)13-5-3-2-4-6-13;/h2-6,12,14-15,18-20,23,26-27H,7-11H2,1H3;1H/t12-,14+,15+,18+,19+,20+;/m1./s1. The van der Waals surface area contributed by atoms with Crippen LogP contribution in [0.1, 0.15) is 18.4 Å².